The minimum Gasteiger partial charge on any atom is -0.494 e. The van der Waals surface area contributed by atoms with Gasteiger partial charge in [-0.15, -0.1) is 0 Å². The zero-order chi connectivity index (χ0) is 40.4. The lowest BCUT2D eigenvalue weighted by atomic mass is 9.83. The fourth-order valence-corrected chi connectivity index (χ4v) is 9.31. The summed E-state index contributed by atoms with van der Waals surface area (Å²) in [5.74, 6) is 0.820. The number of anilines is 2. The Morgan fingerprint density at radius 2 is 0.931 bits per heavy atom. The standard InChI is InChI=1S/C48H44Cl4N2O4/c1-3-56-37-21-13-33(14-22-37)39(31-9-17-35(18-10-31)53-25-5-6-26-53)29-48(42-41(47(55)58-48)43(49)45(51)46(52)44(42)50)30-40(34-15-23-38(24-16-34)57-4-2)32-11-19-36(20-12-32)54-27-7-8-28-54/h9-24,29-30H,3-8,25-28H2,1-2H3. The Labute approximate surface area is 360 Å². The van der Waals surface area contributed by atoms with Crippen molar-refractivity contribution in [2.24, 2.45) is 0 Å². The molecule has 8 rings (SSSR count). The number of benzene rings is 5. The molecule has 0 N–H and O–H groups in total. The summed E-state index contributed by atoms with van der Waals surface area (Å²) >= 11 is 27.5. The van der Waals surface area contributed by atoms with Crippen LogP contribution in [0.2, 0.25) is 20.1 Å². The number of esters is 1. The van der Waals surface area contributed by atoms with Crippen LogP contribution in [0, 0.1) is 0 Å². The molecule has 6 nitrogen and oxygen atoms in total. The number of cyclic esters (lactones) is 1. The van der Waals surface area contributed by atoms with Gasteiger partial charge in [-0.3, -0.25) is 0 Å². The number of hydrogen-bond acceptors (Lipinski definition) is 6. The van der Waals surface area contributed by atoms with Crippen LogP contribution in [0.5, 0.6) is 11.5 Å². The molecule has 298 valence electrons. The molecule has 0 amide bonds. The minimum atomic E-state index is -1.62. The Bertz CT molecular complexity index is 2220. The summed E-state index contributed by atoms with van der Waals surface area (Å²) in [6, 6.07) is 32.8. The van der Waals surface area contributed by atoms with Crippen LogP contribution in [0.15, 0.2) is 109 Å². The highest BCUT2D eigenvalue weighted by Crippen LogP contribution is 2.53. The first-order valence-electron chi connectivity index (χ1n) is 19.9. The molecule has 0 radical (unpaired) electrons. The molecule has 0 atom stereocenters. The largest absolute Gasteiger partial charge is 0.494 e. The lowest BCUT2D eigenvalue weighted by molar-refractivity contribution is 0.0300. The Kier molecular flexibility index (Phi) is 12.0. The summed E-state index contributed by atoms with van der Waals surface area (Å²) in [4.78, 5) is 19.1. The van der Waals surface area contributed by atoms with E-state index in [1.54, 1.807) is 0 Å². The molecule has 10 heteroatoms. The van der Waals surface area contributed by atoms with Gasteiger partial charge in [0, 0.05) is 43.1 Å². The van der Waals surface area contributed by atoms with E-state index in [9.17, 15) is 4.79 Å². The quantitative estimate of drug-likeness (QED) is 0.0708. The molecular formula is C48H44Cl4N2O4. The van der Waals surface area contributed by atoms with Crippen LogP contribution in [-0.2, 0) is 10.3 Å². The van der Waals surface area contributed by atoms with E-state index in [-0.39, 0.29) is 25.7 Å². The molecule has 3 aliphatic rings. The van der Waals surface area contributed by atoms with Crippen molar-refractivity contribution in [1.29, 1.82) is 0 Å². The lowest BCUT2D eigenvalue weighted by Crippen LogP contribution is -2.23. The Morgan fingerprint density at radius 3 is 1.31 bits per heavy atom. The number of carbonyl (C=O) groups is 1. The molecule has 0 aromatic heterocycles. The number of carbonyl (C=O) groups excluding carboxylic acids is 1. The van der Waals surface area contributed by atoms with Crippen LogP contribution in [0.1, 0.15) is 77.7 Å². The van der Waals surface area contributed by atoms with Gasteiger partial charge in [-0.25, -0.2) is 4.79 Å². The highest BCUT2D eigenvalue weighted by atomic mass is 35.5. The maximum Gasteiger partial charge on any atom is 0.341 e. The summed E-state index contributed by atoms with van der Waals surface area (Å²) in [7, 11) is 0. The molecule has 3 aliphatic heterocycles. The summed E-state index contributed by atoms with van der Waals surface area (Å²) < 4.78 is 18.3. The van der Waals surface area contributed by atoms with Crippen molar-refractivity contribution < 1.29 is 19.0 Å². The van der Waals surface area contributed by atoms with E-state index in [2.05, 4.69) is 58.3 Å². The number of fused-ring (bicyclic) bond motifs is 1. The van der Waals surface area contributed by atoms with E-state index in [0.717, 1.165) is 82.5 Å². The third kappa shape index (κ3) is 7.92. The van der Waals surface area contributed by atoms with Crippen molar-refractivity contribution in [1.82, 2.24) is 0 Å². The SMILES string of the molecule is CCOc1ccc(C(=CC2(C=C(c3ccc(OCC)cc3)c3ccc(N4CCCC4)cc3)OC(=O)c3c(Cl)c(Cl)c(Cl)c(Cl)c32)c2ccc(N3CCCC3)cc2)cc1. The first-order valence-corrected chi connectivity index (χ1v) is 21.4. The Hall–Kier alpha value is -4.59. The van der Waals surface area contributed by atoms with Gasteiger partial charge in [0.05, 0.1) is 38.9 Å². The van der Waals surface area contributed by atoms with Crippen molar-refractivity contribution >= 4 is 74.9 Å². The van der Waals surface area contributed by atoms with Crippen molar-refractivity contribution in [2.75, 3.05) is 49.2 Å². The molecule has 5 aromatic carbocycles. The third-order valence-electron chi connectivity index (χ3n) is 11.1. The molecule has 2 fully saturated rings. The second kappa shape index (κ2) is 17.3. The van der Waals surface area contributed by atoms with Crippen LogP contribution >= 0.6 is 46.4 Å². The molecule has 0 saturated carbocycles. The van der Waals surface area contributed by atoms with Crippen LogP contribution in [0.4, 0.5) is 11.4 Å². The van der Waals surface area contributed by atoms with Crippen LogP contribution in [0.25, 0.3) is 11.1 Å². The topological polar surface area (TPSA) is 51.2 Å². The Morgan fingerprint density at radius 1 is 0.569 bits per heavy atom. The molecule has 0 aliphatic carbocycles. The second-order valence-electron chi connectivity index (χ2n) is 14.7. The molecular weight excluding hydrogens is 810 g/mol. The molecule has 58 heavy (non-hydrogen) atoms. The summed E-state index contributed by atoms with van der Waals surface area (Å²) in [6.07, 6.45) is 8.60. The monoisotopic (exact) mass is 852 g/mol. The van der Waals surface area contributed by atoms with Crippen molar-refractivity contribution in [2.45, 2.75) is 45.1 Å². The van der Waals surface area contributed by atoms with Crippen LogP contribution < -0.4 is 19.3 Å². The van der Waals surface area contributed by atoms with E-state index >= 15 is 0 Å². The summed E-state index contributed by atoms with van der Waals surface area (Å²) in [5.41, 5.74) is 6.22. The number of nitrogens with zero attached hydrogens (tertiary/aromatic N) is 2. The van der Waals surface area contributed by atoms with Crippen molar-refractivity contribution in [3.8, 4) is 11.5 Å². The van der Waals surface area contributed by atoms with E-state index in [1.807, 2.05) is 74.5 Å². The van der Waals surface area contributed by atoms with Gasteiger partial charge in [-0.05, 0) is 134 Å². The van der Waals surface area contributed by atoms with E-state index in [4.69, 9.17) is 60.6 Å². The van der Waals surface area contributed by atoms with Gasteiger partial charge in [0.25, 0.3) is 0 Å². The molecule has 5 aromatic rings. The average Bonchev–Trinajstić information content (AvgIpc) is 4.04. The van der Waals surface area contributed by atoms with Gasteiger partial charge in [-0.2, -0.15) is 0 Å². The van der Waals surface area contributed by atoms with Crippen molar-refractivity contribution in [3.05, 3.63) is 163 Å². The van der Waals surface area contributed by atoms with E-state index in [1.165, 1.54) is 25.7 Å². The van der Waals surface area contributed by atoms with Crippen LogP contribution in [-0.4, -0.2) is 45.4 Å². The van der Waals surface area contributed by atoms with Gasteiger partial charge < -0.3 is 24.0 Å². The minimum absolute atomic E-state index is 0.0127. The maximum absolute atomic E-state index is 14.3. The highest BCUT2D eigenvalue weighted by molar-refractivity contribution is 6.53. The van der Waals surface area contributed by atoms with E-state index in [0.29, 0.717) is 18.8 Å². The molecule has 0 bridgehead atoms. The zero-order valence-corrected chi connectivity index (χ0v) is 35.5. The first kappa shape index (κ1) is 40.2. The van der Waals surface area contributed by atoms with E-state index < -0.39 is 11.6 Å². The number of halogens is 4. The molecule has 3 heterocycles. The van der Waals surface area contributed by atoms with Gasteiger partial charge >= 0.3 is 5.97 Å². The van der Waals surface area contributed by atoms with Gasteiger partial charge in [0.2, 0.25) is 0 Å². The maximum atomic E-state index is 14.3. The van der Waals surface area contributed by atoms with Gasteiger partial charge in [-0.1, -0.05) is 94.9 Å². The fourth-order valence-electron chi connectivity index (χ4n) is 8.24. The van der Waals surface area contributed by atoms with Crippen LogP contribution in [0.3, 0.4) is 0 Å². The predicted molar refractivity (Wildman–Crippen MR) is 239 cm³/mol. The number of ether oxygens (including phenoxy) is 3. The molecule has 0 unspecified atom stereocenters. The first-order chi connectivity index (χ1) is 28.2. The highest BCUT2D eigenvalue weighted by Gasteiger charge is 2.48. The van der Waals surface area contributed by atoms with Gasteiger partial charge in [0.1, 0.15) is 11.5 Å². The van der Waals surface area contributed by atoms with Gasteiger partial charge in [0.15, 0.2) is 5.60 Å². The predicted octanol–water partition coefficient (Wildman–Crippen LogP) is 12.9. The Balaban J connectivity index is 1.40. The second-order valence-corrected chi connectivity index (χ2v) is 16.2. The molecule has 2 saturated heterocycles. The zero-order valence-electron chi connectivity index (χ0n) is 32.5. The molecule has 0 spiro atoms. The normalized spacial score (nSPS) is 18.1. The smallest absolute Gasteiger partial charge is 0.341 e. The average molecular weight is 855 g/mol. The lowest BCUT2D eigenvalue weighted by Gasteiger charge is -2.28. The number of rotatable bonds is 12. The fraction of sp³-hybridized carbons (Fsp3) is 0.271. The third-order valence-corrected chi connectivity index (χ3v) is 12.9. The summed E-state index contributed by atoms with van der Waals surface area (Å²) in [6.45, 7) is 9.09. The summed E-state index contributed by atoms with van der Waals surface area (Å²) in [5, 5.41) is 0.0816. The van der Waals surface area contributed by atoms with Crippen molar-refractivity contribution in [3.63, 3.8) is 0 Å². The number of hydrogen-bond donors (Lipinski definition) is 0.